The number of nitrogens with one attached hydrogen (secondary N) is 3. The molecule has 0 aromatic carbocycles. The van der Waals surface area contributed by atoms with Crippen molar-refractivity contribution in [2.24, 2.45) is 18.9 Å². The lowest BCUT2D eigenvalue weighted by atomic mass is 9.76. The van der Waals surface area contributed by atoms with Crippen LogP contribution in [-0.4, -0.2) is 51.7 Å². The largest absolute Gasteiger partial charge is 0.381 e. The number of aryl methyl sites for hydroxylation is 1. The number of amides is 3. The molecule has 10 heteroatoms. The molecule has 3 amide bonds. The van der Waals surface area contributed by atoms with Crippen molar-refractivity contribution in [3.8, 4) is 0 Å². The van der Waals surface area contributed by atoms with Crippen molar-refractivity contribution in [2.75, 3.05) is 23.8 Å². The number of fused-ring (bicyclic) bond motifs is 2. The molecule has 5 rings (SSSR count). The van der Waals surface area contributed by atoms with E-state index in [1.165, 1.54) is 0 Å². The molecule has 2 fully saturated rings. The summed E-state index contributed by atoms with van der Waals surface area (Å²) in [5.41, 5.74) is 1.18. The smallest absolute Gasteiger partial charge is 0.272 e. The molecular formula is C25H32N6O4. The second kappa shape index (κ2) is 9.41. The van der Waals surface area contributed by atoms with Gasteiger partial charge in [-0.1, -0.05) is 19.8 Å². The molecule has 35 heavy (non-hydrogen) atoms. The summed E-state index contributed by atoms with van der Waals surface area (Å²) in [6, 6.07) is 2.63. The third-order valence-electron chi connectivity index (χ3n) is 7.75. The van der Waals surface area contributed by atoms with Crippen LogP contribution in [0.15, 0.2) is 24.5 Å². The Kier molecular flexibility index (Phi) is 6.31. The van der Waals surface area contributed by atoms with Crippen LogP contribution in [0.2, 0.25) is 0 Å². The lowest BCUT2D eigenvalue weighted by Crippen LogP contribution is -2.49. The molecule has 2 aliphatic heterocycles. The lowest BCUT2D eigenvalue weighted by Gasteiger charge is -2.32. The van der Waals surface area contributed by atoms with Gasteiger partial charge in [-0.3, -0.25) is 19.1 Å². The van der Waals surface area contributed by atoms with E-state index in [1.54, 1.807) is 36.3 Å². The number of carbonyl (C=O) groups is 3. The summed E-state index contributed by atoms with van der Waals surface area (Å²) in [6.07, 6.45) is 8.35. The zero-order valence-corrected chi connectivity index (χ0v) is 20.2. The number of pyridine rings is 1. The molecule has 10 nitrogen and oxygen atoms in total. The molecule has 3 aliphatic rings. The fourth-order valence-corrected chi connectivity index (χ4v) is 5.56. The fourth-order valence-electron chi connectivity index (χ4n) is 5.56. The number of hydrogen-bond acceptors (Lipinski definition) is 6. The van der Waals surface area contributed by atoms with Crippen LogP contribution in [0.5, 0.6) is 0 Å². The van der Waals surface area contributed by atoms with Crippen LogP contribution in [0, 0.1) is 11.8 Å². The van der Waals surface area contributed by atoms with Gasteiger partial charge in [0.05, 0.1) is 11.1 Å². The van der Waals surface area contributed by atoms with Gasteiger partial charge in [0.15, 0.2) is 0 Å². The van der Waals surface area contributed by atoms with Gasteiger partial charge >= 0.3 is 0 Å². The number of ether oxygens (including phenoxy) is 1. The second-order valence-corrected chi connectivity index (χ2v) is 10.1. The molecular weight excluding hydrogens is 448 g/mol. The van der Waals surface area contributed by atoms with Gasteiger partial charge in [-0.15, -0.1) is 0 Å². The van der Waals surface area contributed by atoms with Crippen LogP contribution in [0.25, 0.3) is 0 Å². The Morgan fingerprint density at radius 1 is 1.23 bits per heavy atom. The molecule has 1 saturated heterocycles. The topological polar surface area (TPSA) is 127 Å². The van der Waals surface area contributed by atoms with Gasteiger partial charge in [0.2, 0.25) is 11.8 Å². The van der Waals surface area contributed by atoms with Gasteiger partial charge in [-0.2, -0.15) is 5.10 Å². The highest BCUT2D eigenvalue weighted by Gasteiger charge is 2.48. The Morgan fingerprint density at radius 3 is 2.66 bits per heavy atom. The van der Waals surface area contributed by atoms with E-state index in [2.05, 4.69) is 33.0 Å². The number of aromatic nitrogens is 3. The van der Waals surface area contributed by atoms with Crippen molar-refractivity contribution in [1.82, 2.24) is 20.1 Å². The maximum Gasteiger partial charge on any atom is 0.272 e. The van der Waals surface area contributed by atoms with E-state index in [4.69, 9.17) is 4.74 Å². The molecule has 2 aromatic rings. The minimum Gasteiger partial charge on any atom is -0.381 e. The van der Waals surface area contributed by atoms with Crippen molar-refractivity contribution in [2.45, 2.75) is 56.9 Å². The molecule has 186 valence electrons. The molecule has 0 bridgehead atoms. The molecule has 1 spiro atoms. The van der Waals surface area contributed by atoms with Gasteiger partial charge in [0.25, 0.3) is 5.91 Å². The van der Waals surface area contributed by atoms with Crippen molar-refractivity contribution in [3.05, 3.63) is 35.8 Å². The first-order valence-electron chi connectivity index (χ1n) is 12.4. The quantitative estimate of drug-likeness (QED) is 0.603. The summed E-state index contributed by atoms with van der Waals surface area (Å²) in [4.78, 5) is 43.5. The lowest BCUT2D eigenvalue weighted by molar-refractivity contribution is -0.124. The van der Waals surface area contributed by atoms with Crippen LogP contribution < -0.4 is 16.0 Å². The average molecular weight is 481 g/mol. The predicted octanol–water partition coefficient (Wildman–Crippen LogP) is 2.38. The highest BCUT2D eigenvalue weighted by Crippen LogP contribution is 2.44. The minimum absolute atomic E-state index is 0.0264. The van der Waals surface area contributed by atoms with E-state index in [1.807, 2.05) is 0 Å². The van der Waals surface area contributed by atoms with Crippen LogP contribution >= 0.6 is 0 Å². The first kappa shape index (κ1) is 23.5. The molecule has 4 heterocycles. The molecule has 2 aromatic heterocycles. The first-order valence-corrected chi connectivity index (χ1v) is 12.4. The summed E-state index contributed by atoms with van der Waals surface area (Å²) < 4.78 is 7.01. The van der Waals surface area contributed by atoms with Gasteiger partial charge in [0, 0.05) is 44.3 Å². The molecule has 0 radical (unpaired) electrons. The number of rotatable bonds is 5. The third-order valence-corrected chi connectivity index (χ3v) is 7.75. The van der Waals surface area contributed by atoms with Crippen LogP contribution in [0.4, 0.5) is 11.5 Å². The van der Waals surface area contributed by atoms with E-state index in [-0.39, 0.29) is 29.3 Å². The van der Waals surface area contributed by atoms with Crippen molar-refractivity contribution in [1.29, 1.82) is 0 Å². The number of anilines is 2. The van der Waals surface area contributed by atoms with Crippen molar-refractivity contribution < 1.29 is 19.1 Å². The maximum atomic E-state index is 13.4. The first-order chi connectivity index (χ1) is 16.9. The Balaban J connectivity index is 1.34. The van der Waals surface area contributed by atoms with Crippen molar-refractivity contribution in [3.63, 3.8) is 0 Å². The Labute approximate surface area is 204 Å². The molecule has 1 atom stereocenters. The van der Waals surface area contributed by atoms with Crippen LogP contribution in [0.1, 0.15) is 61.5 Å². The van der Waals surface area contributed by atoms with Gasteiger partial charge in [0.1, 0.15) is 17.6 Å². The summed E-state index contributed by atoms with van der Waals surface area (Å²) in [5, 5.41) is 12.9. The van der Waals surface area contributed by atoms with E-state index >= 15 is 0 Å². The molecule has 1 saturated carbocycles. The average Bonchev–Trinajstić information content (AvgIpc) is 3.39. The van der Waals surface area contributed by atoms with Crippen molar-refractivity contribution >= 4 is 29.2 Å². The Morgan fingerprint density at radius 2 is 1.97 bits per heavy atom. The standard InChI is InChI=1S/C25H32N6O4/c1-15-3-5-16(6-4-15)21(29-22(32)18-7-10-31(2)30-18)23(33)28-20-13-19-17(14-26-20)25(24(34)27-19)8-11-35-12-9-25/h7,10,13-16,21H,3-6,8-9,11-12H2,1-2H3,(H,27,34)(H,29,32)(H,26,28,33). The summed E-state index contributed by atoms with van der Waals surface area (Å²) in [5.74, 6) is 0.253. The maximum absolute atomic E-state index is 13.4. The van der Waals surface area contributed by atoms with Gasteiger partial charge in [-0.05, 0) is 43.6 Å². The van der Waals surface area contributed by atoms with E-state index in [0.29, 0.717) is 43.5 Å². The summed E-state index contributed by atoms with van der Waals surface area (Å²) in [6.45, 7) is 3.28. The van der Waals surface area contributed by atoms with E-state index in [9.17, 15) is 14.4 Å². The van der Waals surface area contributed by atoms with Crippen LogP contribution in [0.3, 0.4) is 0 Å². The highest BCUT2D eigenvalue weighted by molar-refractivity contribution is 6.07. The number of nitrogens with zero attached hydrogens (tertiary/aromatic N) is 3. The second-order valence-electron chi connectivity index (χ2n) is 10.1. The van der Waals surface area contributed by atoms with Gasteiger partial charge in [-0.25, -0.2) is 4.98 Å². The summed E-state index contributed by atoms with van der Waals surface area (Å²) in [7, 11) is 1.74. The third kappa shape index (κ3) is 4.54. The zero-order chi connectivity index (χ0) is 24.6. The molecule has 1 aliphatic carbocycles. The highest BCUT2D eigenvalue weighted by atomic mass is 16.5. The monoisotopic (exact) mass is 480 g/mol. The Bertz CT molecular complexity index is 1130. The SMILES string of the molecule is CC1CCC(C(NC(=O)c2ccn(C)n2)C(=O)Nc2cc3c(cn2)C2(CCOCC2)C(=O)N3)CC1. The van der Waals surface area contributed by atoms with E-state index in [0.717, 1.165) is 31.2 Å². The van der Waals surface area contributed by atoms with E-state index < -0.39 is 11.5 Å². The number of hydrogen-bond donors (Lipinski definition) is 3. The van der Waals surface area contributed by atoms with Gasteiger partial charge < -0.3 is 20.7 Å². The number of carbonyl (C=O) groups excluding carboxylic acids is 3. The molecule has 1 unspecified atom stereocenters. The fraction of sp³-hybridized carbons (Fsp3) is 0.560. The molecule has 3 N–H and O–H groups in total. The zero-order valence-electron chi connectivity index (χ0n) is 20.2. The normalized spacial score (nSPS) is 23.9. The van der Waals surface area contributed by atoms with Crippen LogP contribution in [-0.2, 0) is 26.8 Å². The summed E-state index contributed by atoms with van der Waals surface area (Å²) >= 11 is 0. The minimum atomic E-state index is -0.705. The predicted molar refractivity (Wildman–Crippen MR) is 129 cm³/mol. The Hall–Kier alpha value is -3.27.